The Hall–Kier alpha value is -3.02. The van der Waals surface area contributed by atoms with Crippen molar-refractivity contribution in [3.63, 3.8) is 0 Å². The Morgan fingerprint density at radius 3 is 2.73 bits per heavy atom. The Balaban J connectivity index is 1.60. The van der Waals surface area contributed by atoms with Gasteiger partial charge in [0.2, 0.25) is 5.91 Å². The normalized spacial score (nSPS) is 12.1. The summed E-state index contributed by atoms with van der Waals surface area (Å²) in [6.45, 7) is 4.16. The maximum atomic E-state index is 12.2. The van der Waals surface area contributed by atoms with Gasteiger partial charge in [0.25, 0.3) is 0 Å². The van der Waals surface area contributed by atoms with Crippen LogP contribution in [0.3, 0.4) is 0 Å². The van der Waals surface area contributed by atoms with Gasteiger partial charge in [0.05, 0.1) is 17.7 Å². The van der Waals surface area contributed by atoms with Crippen molar-refractivity contribution < 1.29 is 9.21 Å². The number of fused-ring (bicyclic) bond motifs is 1. The maximum Gasteiger partial charge on any atom is 0.419 e. The van der Waals surface area contributed by atoms with Gasteiger partial charge in [-0.2, -0.15) is 0 Å². The molecule has 2 N–H and O–H groups in total. The molecule has 0 spiro atoms. The van der Waals surface area contributed by atoms with Gasteiger partial charge in [0.1, 0.15) is 0 Å². The van der Waals surface area contributed by atoms with Gasteiger partial charge in [0, 0.05) is 13.1 Å². The molecule has 0 radical (unpaired) electrons. The molecule has 1 unspecified atom stereocenters. The van der Waals surface area contributed by atoms with Crippen molar-refractivity contribution in [1.82, 2.24) is 9.88 Å². The van der Waals surface area contributed by atoms with E-state index in [2.05, 4.69) is 29.7 Å². The summed E-state index contributed by atoms with van der Waals surface area (Å²) >= 11 is 0. The van der Waals surface area contributed by atoms with Crippen molar-refractivity contribution in [1.29, 1.82) is 0 Å². The lowest BCUT2D eigenvalue weighted by Gasteiger charge is -2.16. The lowest BCUT2D eigenvalue weighted by Crippen LogP contribution is -2.37. The molecule has 0 saturated carbocycles. The number of benzene rings is 2. The van der Waals surface area contributed by atoms with Crippen LogP contribution in [0.25, 0.3) is 11.1 Å². The number of oxazole rings is 1. The van der Waals surface area contributed by atoms with Crippen LogP contribution >= 0.6 is 0 Å². The zero-order chi connectivity index (χ0) is 18.7. The van der Waals surface area contributed by atoms with Crippen LogP contribution in [0.2, 0.25) is 0 Å². The number of carbonyl (C=O) groups is 1. The van der Waals surface area contributed by atoms with Crippen LogP contribution in [-0.4, -0.2) is 23.1 Å². The van der Waals surface area contributed by atoms with E-state index < -0.39 is 5.76 Å². The standard InChI is InChI=1S/C20H23N3O3/c1-13-7-4-5-8-15(13)11-14(2)22-18(24)12-21-16-9-6-10-17-19(16)26-20(25)23(17)3/h4-10,14,21H,11-12H2,1-3H3,(H,22,24). The Morgan fingerprint density at radius 1 is 1.19 bits per heavy atom. The molecule has 3 rings (SSSR count). The largest absolute Gasteiger partial charge is 0.419 e. The number of amides is 1. The van der Waals surface area contributed by atoms with Gasteiger partial charge in [-0.25, -0.2) is 4.79 Å². The van der Waals surface area contributed by atoms with Crippen molar-refractivity contribution in [2.24, 2.45) is 7.05 Å². The zero-order valence-corrected chi connectivity index (χ0v) is 15.2. The first kappa shape index (κ1) is 17.8. The molecule has 3 aromatic rings. The molecule has 0 bridgehead atoms. The van der Waals surface area contributed by atoms with Gasteiger partial charge in [-0.1, -0.05) is 30.3 Å². The molecular formula is C20H23N3O3. The summed E-state index contributed by atoms with van der Waals surface area (Å²) < 4.78 is 6.68. The monoisotopic (exact) mass is 353 g/mol. The van der Waals surface area contributed by atoms with Crippen molar-refractivity contribution >= 4 is 22.7 Å². The molecular weight excluding hydrogens is 330 g/mol. The van der Waals surface area contributed by atoms with E-state index in [1.54, 1.807) is 19.2 Å². The van der Waals surface area contributed by atoms with Gasteiger partial charge >= 0.3 is 5.76 Å². The fourth-order valence-electron chi connectivity index (χ4n) is 3.01. The number of carbonyl (C=O) groups excluding carboxylic acids is 1. The highest BCUT2D eigenvalue weighted by atomic mass is 16.4. The van der Waals surface area contributed by atoms with Gasteiger partial charge < -0.3 is 15.1 Å². The van der Waals surface area contributed by atoms with E-state index in [9.17, 15) is 9.59 Å². The van der Waals surface area contributed by atoms with E-state index in [4.69, 9.17) is 4.42 Å². The fourth-order valence-corrected chi connectivity index (χ4v) is 3.01. The van der Waals surface area contributed by atoms with Crippen LogP contribution in [0.15, 0.2) is 51.7 Å². The lowest BCUT2D eigenvalue weighted by atomic mass is 10.0. The summed E-state index contributed by atoms with van der Waals surface area (Å²) in [5.41, 5.74) is 4.22. The SMILES string of the molecule is Cc1ccccc1CC(C)NC(=O)CNc1cccc2c1oc(=O)n2C. The molecule has 6 nitrogen and oxygen atoms in total. The number of aryl methyl sites for hydroxylation is 2. The molecule has 0 saturated heterocycles. The summed E-state index contributed by atoms with van der Waals surface area (Å²) in [6.07, 6.45) is 0.779. The molecule has 1 amide bonds. The maximum absolute atomic E-state index is 12.2. The minimum Gasteiger partial charge on any atom is -0.405 e. The molecule has 0 aliphatic carbocycles. The average Bonchev–Trinajstić information content (AvgIpc) is 2.90. The molecule has 0 aliphatic rings. The predicted octanol–water partition coefficient (Wildman–Crippen LogP) is 2.60. The van der Waals surface area contributed by atoms with Gasteiger partial charge in [-0.3, -0.25) is 9.36 Å². The van der Waals surface area contributed by atoms with Crippen LogP contribution in [0.4, 0.5) is 5.69 Å². The molecule has 1 atom stereocenters. The zero-order valence-electron chi connectivity index (χ0n) is 15.2. The fraction of sp³-hybridized carbons (Fsp3) is 0.300. The van der Waals surface area contributed by atoms with Gasteiger partial charge in [-0.05, 0) is 43.5 Å². The van der Waals surface area contributed by atoms with Crippen molar-refractivity contribution in [3.8, 4) is 0 Å². The van der Waals surface area contributed by atoms with Crippen molar-refractivity contribution in [2.45, 2.75) is 26.3 Å². The van der Waals surface area contributed by atoms with Crippen molar-refractivity contribution in [2.75, 3.05) is 11.9 Å². The Kier molecular flexibility index (Phi) is 5.11. The molecule has 136 valence electrons. The van der Waals surface area contributed by atoms with Gasteiger partial charge in [0.15, 0.2) is 5.58 Å². The summed E-state index contributed by atoms with van der Waals surface area (Å²) in [5.74, 6) is -0.535. The second kappa shape index (κ2) is 7.47. The third-order valence-corrected chi connectivity index (χ3v) is 4.45. The minimum atomic E-state index is -0.425. The van der Waals surface area contributed by atoms with E-state index in [0.29, 0.717) is 16.8 Å². The second-order valence-corrected chi connectivity index (χ2v) is 6.53. The predicted molar refractivity (Wildman–Crippen MR) is 102 cm³/mol. The first-order chi connectivity index (χ1) is 12.5. The van der Waals surface area contributed by atoms with Crippen LogP contribution in [0, 0.1) is 6.92 Å². The van der Waals surface area contributed by atoms with E-state index >= 15 is 0 Å². The number of hydrogen-bond donors (Lipinski definition) is 2. The molecule has 6 heteroatoms. The number of anilines is 1. The third-order valence-electron chi connectivity index (χ3n) is 4.45. The number of para-hydroxylation sites is 1. The molecule has 1 aromatic heterocycles. The summed E-state index contributed by atoms with van der Waals surface area (Å²) in [5, 5.41) is 6.04. The lowest BCUT2D eigenvalue weighted by molar-refractivity contribution is -0.119. The van der Waals surface area contributed by atoms with E-state index in [1.807, 2.05) is 25.1 Å². The van der Waals surface area contributed by atoms with Crippen LogP contribution in [0.1, 0.15) is 18.1 Å². The van der Waals surface area contributed by atoms with Crippen LogP contribution < -0.4 is 16.4 Å². The molecule has 26 heavy (non-hydrogen) atoms. The highest BCUT2D eigenvalue weighted by Crippen LogP contribution is 2.21. The highest BCUT2D eigenvalue weighted by Gasteiger charge is 2.12. The quantitative estimate of drug-likeness (QED) is 0.714. The minimum absolute atomic E-state index is 0.0239. The number of nitrogens with zero attached hydrogens (tertiary/aromatic N) is 1. The van der Waals surface area contributed by atoms with Crippen LogP contribution in [-0.2, 0) is 18.3 Å². The van der Waals surface area contributed by atoms with Gasteiger partial charge in [-0.15, -0.1) is 0 Å². The summed E-state index contributed by atoms with van der Waals surface area (Å²) in [6, 6.07) is 13.6. The Bertz CT molecular complexity index is 987. The van der Waals surface area contributed by atoms with E-state index in [1.165, 1.54) is 15.7 Å². The Labute approximate surface area is 151 Å². The number of aromatic nitrogens is 1. The first-order valence-electron chi connectivity index (χ1n) is 8.62. The van der Waals surface area contributed by atoms with Crippen molar-refractivity contribution in [3.05, 3.63) is 64.1 Å². The van der Waals surface area contributed by atoms with Crippen LogP contribution in [0.5, 0.6) is 0 Å². The molecule has 0 aliphatic heterocycles. The highest BCUT2D eigenvalue weighted by molar-refractivity contribution is 5.89. The topological polar surface area (TPSA) is 76.3 Å². The molecule has 0 fully saturated rings. The van der Waals surface area contributed by atoms with E-state index in [0.717, 1.165) is 6.42 Å². The number of hydrogen-bond acceptors (Lipinski definition) is 4. The third kappa shape index (κ3) is 3.79. The Morgan fingerprint density at radius 2 is 1.96 bits per heavy atom. The second-order valence-electron chi connectivity index (χ2n) is 6.53. The average molecular weight is 353 g/mol. The summed E-state index contributed by atoms with van der Waals surface area (Å²) in [4.78, 5) is 23.9. The smallest absolute Gasteiger partial charge is 0.405 e. The van der Waals surface area contributed by atoms with E-state index in [-0.39, 0.29) is 18.5 Å². The molecule has 1 heterocycles. The first-order valence-corrected chi connectivity index (χ1v) is 8.62. The number of nitrogens with one attached hydrogen (secondary N) is 2. The summed E-state index contributed by atoms with van der Waals surface area (Å²) in [7, 11) is 1.65. The molecule has 2 aromatic carbocycles. The number of rotatable bonds is 6.